The summed E-state index contributed by atoms with van der Waals surface area (Å²) in [6, 6.07) is 9.59. The maximum atomic E-state index is 3.50. The maximum absolute atomic E-state index is 3.50. The third-order valence-corrected chi connectivity index (χ3v) is 4.19. The highest BCUT2D eigenvalue weighted by Crippen LogP contribution is 2.34. The van der Waals surface area contributed by atoms with Gasteiger partial charge in [0.15, 0.2) is 0 Å². The summed E-state index contributed by atoms with van der Waals surface area (Å²) in [6.07, 6.45) is 5.39. The van der Waals surface area contributed by atoms with Crippen LogP contribution in [0.5, 0.6) is 0 Å². The molecule has 0 saturated heterocycles. The van der Waals surface area contributed by atoms with Gasteiger partial charge in [-0.1, -0.05) is 18.2 Å². The lowest BCUT2D eigenvalue weighted by Crippen LogP contribution is -2.43. The number of hydrogen-bond donors (Lipinski definition) is 1. The number of likely N-dealkylation sites (N-methyl/N-ethyl adjacent to an activating group) is 1. The summed E-state index contributed by atoms with van der Waals surface area (Å²) >= 11 is 0. The molecule has 1 aliphatic heterocycles. The first-order valence-corrected chi connectivity index (χ1v) is 6.88. The molecule has 3 rings (SSSR count). The summed E-state index contributed by atoms with van der Waals surface area (Å²) in [5.41, 5.74) is 3.00. The van der Waals surface area contributed by atoms with Crippen molar-refractivity contribution in [1.82, 2.24) is 5.32 Å². The number of para-hydroxylation sites is 1. The van der Waals surface area contributed by atoms with Crippen molar-refractivity contribution < 1.29 is 0 Å². The zero-order valence-electron chi connectivity index (χ0n) is 10.7. The molecule has 0 radical (unpaired) electrons. The molecular formula is C15H22N2. The van der Waals surface area contributed by atoms with E-state index in [1.165, 1.54) is 50.0 Å². The SMILES string of the molecule is CNC(CN1CCCc2ccccc21)C1CC1. The van der Waals surface area contributed by atoms with Crippen molar-refractivity contribution in [2.24, 2.45) is 5.92 Å². The lowest BCUT2D eigenvalue weighted by molar-refractivity contribution is 0.486. The van der Waals surface area contributed by atoms with Gasteiger partial charge in [0.25, 0.3) is 0 Å². The molecule has 2 nitrogen and oxygen atoms in total. The van der Waals surface area contributed by atoms with E-state index in [1.807, 2.05) is 0 Å². The Bertz CT molecular complexity index is 384. The molecule has 1 aromatic carbocycles. The molecule has 1 aromatic rings. The van der Waals surface area contributed by atoms with Gasteiger partial charge in [-0.25, -0.2) is 0 Å². The topological polar surface area (TPSA) is 15.3 Å². The first-order valence-electron chi connectivity index (χ1n) is 6.88. The zero-order chi connectivity index (χ0) is 11.7. The molecule has 1 unspecified atom stereocenters. The van der Waals surface area contributed by atoms with Gasteiger partial charge in [-0.2, -0.15) is 0 Å². The molecule has 1 saturated carbocycles. The van der Waals surface area contributed by atoms with Gasteiger partial charge in [0.05, 0.1) is 0 Å². The lowest BCUT2D eigenvalue weighted by Gasteiger charge is -2.34. The number of fused-ring (bicyclic) bond motifs is 1. The predicted molar refractivity (Wildman–Crippen MR) is 72.5 cm³/mol. The van der Waals surface area contributed by atoms with Crippen molar-refractivity contribution in [2.75, 3.05) is 25.0 Å². The minimum atomic E-state index is 0.682. The van der Waals surface area contributed by atoms with Crippen LogP contribution in [0.2, 0.25) is 0 Å². The fourth-order valence-electron chi connectivity index (χ4n) is 3.01. The van der Waals surface area contributed by atoms with E-state index < -0.39 is 0 Å². The Hall–Kier alpha value is -1.02. The average molecular weight is 230 g/mol. The Morgan fingerprint density at radius 1 is 1.35 bits per heavy atom. The van der Waals surface area contributed by atoms with Crippen LogP contribution in [0, 0.1) is 5.92 Å². The van der Waals surface area contributed by atoms with Gasteiger partial charge in [0.1, 0.15) is 0 Å². The summed E-state index contributed by atoms with van der Waals surface area (Å²) in [5, 5.41) is 3.50. The van der Waals surface area contributed by atoms with Gasteiger partial charge in [-0.05, 0) is 50.3 Å². The van der Waals surface area contributed by atoms with E-state index in [0.717, 1.165) is 5.92 Å². The fraction of sp³-hybridized carbons (Fsp3) is 0.600. The minimum absolute atomic E-state index is 0.682. The standard InChI is InChI=1S/C15H22N2/c1-16-14(12-8-9-12)11-17-10-4-6-13-5-2-3-7-15(13)17/h2-3,5,7,12,14,16H,4,6,8-11H2,1H3. The van der Waals surface area contributed by atoms with Gasteiger partial charge in [-0.15, -0.1) is 0 Å². The highest BCUT2D eigenvalue weighted by atomic mass is 15.2. The second-order valence-electron chi connectivity index (χ2n) is 5.41. The smallest absolute Gasteiger partial charge is 0.0399 e. The predicted octanol–water partition coefficient (Wildman–Crippen LogP) is 2.44. The van der Waals surface area contributed by atoms with Gasteiger partial charge >= 0.3 is 0 Å². The van der Waals surface area contributed by atoms with E-state index in [1.54, 1.807) is 0 Å². The number of hydrogen-bond acceptors (Lipinski definition) is 2. The van der Waals surface area contributed by atoms with E-state index >= 15 is 0 Å². The number of nitrogens with one attached hydrogen (secondary N) is 1. The Morgan fingerprint density at radius 2 is 2.18 bits per heavy atom. The zero-order valence-corrected chi connectivity index (χ0v) is 10.7. The van der Waals surface area contributed by atoms with Crippen molar-refractivity contribution in [3.05, 3.63) is 29.8 Å². The van der Waals surface area contributed by atoms with Crippen LogP contribution in [0.25, 0.3) is 0 Å². The molecule has 1 fully saturated rings. The molecule has 1 heterocycles. The van der Waals surface area contributed by atoms with Crippen LogP contribution in [0.3, 0.4) is 0 Å². The summed E-state index contributed by atoms with van der Waals surface area (Å²) in [5.74, 6) is 0.925. The second kappa shape index (κ2) is 4.69. The van der Waals surface area contributed by atoms with Gasteiger partial charge in [-0.3, -0.25) is 0 Å². The molecule has 0 spiro atoms. The Kier molecular flexibility index (Phi) is 3.06. The molecule has 1 atom stereocenters. The van der Waals surface area contributed by atoms with E-state index in [4.69, 9.17) is 0 Å². The third kappa shape index (κ3) is 2.32. The van der Waals surface area contributed by atoms with Crippen molar-refractivity contribution in [1.29, 1.82) is 0 Å². The maximum Gasteiger partial charge on any atom is 0.0399 e. The molecule has 2 aliphatic rings. The number of nitrogens with zero attached hydrogens (tertiary/aromatic N) is 1. The molecule has 0 amide bonds. The van der Waals surface area contributed by atoms with E-state index in [-0.39, 0.29) is 0 Å². The third-order valence-electron chi connectivity index (χ3n) is 4.19. The number of anilines is 1. The average Bonchev–Trinajstić information content (AvgIpc) is 3.20. The Labute approximate surface area is 104 Å². The van der Waals surface area contributed by atoms with Gasteiger partial charge in [0.2, 0.25) is 0 Å². The molecule has 1 aliphatic carbocycles. The number of benzene rings is 1. The van der Waals surface area contributed by atoms with Crippen LogP contribution < -0.4 is 10.2 Å². The summed E-state index contributed by atoms with van der Waals surface area (Å²) in [4.78, 5) is 2.58. The summed E-state index contributed by atoms with van der Waals surface area (Å²) < 4.78 is 0. The van der Waals surface area contributed by atoms with Crippen LogP contribution in [0.4, 0.5) is 5.69 Å². The first kappa shape index (κ1) is 11.1. The first-order chi connectivity index (χ1) is 8.38. The summed E-state index contributed by atoms with van der Waals surface area (Å²) in [6.45, 7) is 2.40. The Balaban J connectivity index is 1.75. The largest absolute Gasteiger partial charge is 0.370 e. The molecule has 17 heavy (non-hydrogen) atoms. The van der Waals surface area contributed by atoms with Crippen molar-refractivity contribution >= 4 is 5.69 Å². The van der Waals surface area contributed by atoms with Crippen LogP contribution in [-0.4, -0.2) is 26.2 Å². The highest BCUT2D eigenvalue weighted by Gasteiger charge is 2.32. The van der Waals surface area contributed by atoms with E-state index in [9.17, 15) is 0 Å². The molecular weight excluding hydrogens is 208 g/mol. The van der Waals surface area contributed by atoms with Crippen LogP contribution in [-0.2, 0) is 6.42 Å². The monoisotopic (exact) mass is 230 g/mol. The molecule has 0 bridgehead atoms. The quantitative estimate of drug-likeness (QED) is 0.854. The molecule has 0 aromatic heterocycles. The van der Waals surface area contributed by atoms with Crippen LogP contribution in [0.1, 0.15) is 24.8 Å². The normalized spacial score (nSPS) is 21.1. The van der Waals surface area contributed by atoms with Crippen LogP contribution >= 0.6 is 0 Å². The van der Waals surface area contributed by atoms with Gasteiger partial charge in [0, 0.05) is 24.8 Å². The molecule has 92 valence electrons. The molecule has 1 N–H and O–H groups in total. The van der Waals surface area contributed by atoms with Crippen molar-refractivity contribution in [3.8, 4) is 0 Å². The number of aryl methyl sites for hydroxylation is 1. The van der Waals surface area contributed by atoms with E-state index in [0.29, 0.717) is 6.04 Å². The Morgan fingerprint density at radius 3 is 2.94 bits per heavy atom. The lowest BCUT2D eigenvalue weighted by atomic mass is 10.0. The van der Waals surface area contributed by atoms with Crippen LogP contribution in [0.15, 0.2) is 24.3 Å². The molecule has 2 heteroatoms. The van der Waals surface area contributed by atoms with Gasteiger partial charge < -0.3 is 10.2 Å². The highest BCUT2D eigenvalue weighted by molar-refractivity contribution is 5.55. The minimum Gasteiger partial charge on any atom is -0.370 e. The fourth-order valence-corrected chi connectivity index (χ4v) is 3.01. The van der Waals surface area contributed by atoms with Crippen molar-refractivity contribution in [3.63, 3.8) is 0 Å². The van der Waals surface area contributed by atoms with Crippen molar-refractivity contribution in [2.45, 2.75) is 31.7 Å². The summed E-state index contributed by atoms with van der Waals surface area (Å²) in [7, 11) is 2.11. The van der Waals surface area contributed by atoms with E-state index in [2.05, 4.69) is 41.5 Å². The second-order valence-corrected chi connectivity index (χ2v) is 5.41. The number of rotatable bonds is 4.